The van der Waals surface area contributed by atoms with E-state index in [2.05, 4.69) is 38.8 Å². The summed E-state index contributed by atoms with van der Waals surface area (Å²) in [6, 6.07) is 8.33. The minimum Gasteiger partial charge on any atom is -0.351 e. The van der Waals surface area contributed by atoms with Gasteiger partial charge in [-0.2, -0.15) is 0 Å². The Morgan fingerprint density at radius 3 is 2.73 bits per heavy atom. The van der Waals surface area contributed by atoms with Crippen LogP contribution in [0.25, 0.3) is 0 Å². The Labute approximate surface area is 158 Å². The summed E-state index contributed by atoms with van der Waals surface area (Å²) >= 11 is 1.68. The number of aryl methyl sites for hydroxylation is 2. The molecule has 2 aromatic rings. The molecule has 3 rings (SSSR count). The third kappa shape index (κ3) is 4.40. The highest BCUT2D eigenvalue weighted by Gasteiger charge is 2.20. The average molecular weight is 372 g/mol. The van der Waals surface area contributed by atoms with Crippen molar-refractivity contribution in [2.45, 2.75) is 33.4 Å². The van der Waals surface area contributed by atoms with Gasteiger partial charge in [0.05, 0.1) is 23.8 Å². The van der Waals surface area contributed by atoms with Gasteiger partial charge in [0.2, 0.25) is 5.91 Å². The van der Waals surface area contributed by atoms with Crippen molar-refractivity contribution >= 4 is 23.2 Å². The summed E-state index contributed by atoms with van der Waals surface area (Å²) in [5.74, 6) is 0.716. The highest BCUT2D eigenvalue weighted by molar-refractivity contribution is 7.11. The lowest BCUT2D eigenvalue weighted by atomic mass is 10.00. The summed E-state index contributed by atoms with van der Waals surface area (Å²) in [6.07, 6.45) is 0.916. The minimum absolute atomic E-state index is 0.0901. The number of rotatable bonds is 4. The smallest absolute Gasteiger partial charge is 0.242 e. The van der Waals surface area contributed by atoms with Crippen molar-refractivity contribution < 1.29 is 4.79 Å². The highest BCUT2D eigenvalue weighted by atomic mass is 32.1. The van der Waals surface area contributed by atoms with Crippen LogP contribution in [0.1, 0.15) is 26.7 Å². The van der Waals surface area contributed by atoms with E-state index in [1.54, 1.807) is 18.4 Å². The van der Waals surface area contributed by atoms with Gasteiger partial charge in [-0.25, -0.2) is 4.98 Å². The van der Waals surface area contributed by atoms with Gasteiger partial charge in [0.25, 0.3) is 0 Å². The first-order valence-electron chi connectivity index (χ1n) is 8.79. The average Bonchev–Trinajstić information content (AvgIpc) is 2.98. The van der Waals surface area contributed by atoms with Gasteiger partial charge in [-0.15, -0.1) is 11.3 Å². The zero-order valence-electron chi connectivity index (χ0n) is 15.5. The highest BCUT2D eigenvalue weighted by Crippen LogP contribution is 2.18. The molecule has 0 spiro atoms. The van der Waals surface area contributed by atoms with Gasteiger partial charge in [-0.3, -0.25) is 9.79 Å². The number of amides is 1. The molecule has 1 amide bonds. The number of carbonyl (C=O) groups is 1. The summed E-state index contributed by atoms with van der Waals surface area (Å²) in [5.41, 5.74) is 3.63. The number of aliphatic imine (C=N–C) groups is 1. The lowest BCUT2D eigenvalue weighted by molar-refractivity contribution is -0.130. The molecule has 2 N–H and O–H groups in total. The molecule has 1 aromatic carbocycles. The summed E-state index contributed by atoms with van der Waals surface area (Å²) in [6.45, 7) is 6.36. The van der Waals surface area contributed by atoms with Crippen molar-refractivity contribution in [2.75, 3.05) is 20.1 Å². The van der Waals surface area contributed by atoms with Crippen LogP contribution in [0.3, 0.4) is 0 Å². The predicted octanol–water partition coefficient (Wildman–Crippen LogP) is 2.01. The van der Waals surface area contributed by atoms with E-state index in [1.165, 1.54) is 16.0 Å². The Morgan fingerprint density at radius 1 is 1.27 bits per heavy atom. The fourth-order valence-electron chi connectivity index (χ4n) is 3.10. The summed E-state index contributed by atoms with van der Waals surface area (Å²) < 4.78 is 0. The van der Waals surface area contributed by atoms with Crippen LogP contribution < -0.4 is 10.6 Å². The van der Waals surface area contributed by atoms with Crippen molar-refractivity contribution in [1.82, 2.24) is 20.5 Å². The molecule has 1 aromatic heterocycles. The molecule has 0 unspecified atom stereocenters. The molecular formula is C19H25N5OS. The normalized spacial score (nSPS) is 14.1. The van der Waals surface area contributed by atoms with Crippen molar-refractivity contribution in [1.29, 1.82) is 0 Å². The number of hydrogen-bond donors (Lipinski definition) is 2. The lowest BCUT2D eigenvalue weighted by Gasteiger charge is -2.29. The quantitative estimate of drug-likeness (QED) is 0.637. The lowest BCUT2D eigenvalue weighted by Crippen LogP contribution is -2.45. The molecule has 2 heterocycles. The van der Waals surface area contributed by atoms with E-state index in [0.717, 1.165) is 23.7 Å². The number of guanidine groups is 1. The molecule has 0 aliphatic carbocycles. The molecule has 0 atom stereocenters. The number of nitrogens with zero attached hydrogens (tertiary/aromatic N) is 3. The first-order chi connectivity index (χ1) is 12.6. The number of thiazole rings is 1. The van der Waals surface area contributed by atoms with Crippen LogP contribution >= 0.6 is 11.3 Å². The topological polar surface area (TPSA) is 69.6 Å². The van der Waals surface area contributed by atoms with Crippen molar-refractivity contribution in [2.24, 2.45) is 4.99 Å². The predicted molar refractivity (Wildman–Crippen MR) is 105 cm³/mol. The number of aromatic nitrogens is 1. The second-order valence-corrected chi connectivity index (χ2v) is 7.64. The largest absolute Gasteiger partial charge is 0.351 e. The van der Waals surface area contributed by atoms with Crippen LogP contribution in [-0.2, 0) is 24.3 Å². The minimum atomic E-state index is 0.0901. The third-order valence-electron chi connectivity index (χ3n) is 4.53. The Hall–Kier alpha value is -2.41. The molecule has 6 nitrogen and oxygen atoms in total. The van der Waals surface area contributed by atoms with Gasteiger partial charge < -0.3 is 15.5 Å². The number of carbonyl (C=O) groups excluding carboxylic acids is 1. The Kier molecular flexibility index (Phi) is 5.88. The molecule has 7 heteroatoms. The molecule has 0 radical (unpaired) electrons. The number of fused-ring (bicyclic) bond motifs is 1. The van der Waals surface area contributed by atoms with Crippen LogP contribution in [0.5, 0.6) is 0 Å². The second-order valence-electron chi connectivity index (χ2n) is 6.35. The maximum absolute atomic E-state index is 12.5. The van der Waals surface area contributed by atoms with Gasteiger partial charge in [0.15, 0.2) is 5.96 Å². The first kappa shape index (κ1) is 18.4. The van der Waals surface area contributed by atoms with Crippen LogP contribution in [0, 0.1) is 13.8 Å². The van der Waals surface area contributed by atoms with Gasteiger partial charge in [-0.1, -0.05) is 24.3 Å². The summed E-state index contributed by atoms with van der Waals surface area (Å²) in [5, 5.41) is 7.43. The zero-order chi connectivity index (χ0) is 18.5. The van der Waals surface area contributed by atoms with E-state index in [4.69, 9.17) is 0 Å². The van der Waals surface area contributed by atoms with E-state index in [9.17, 15) is 4.79 Å². The number of benzene rings is 1. The zero-order valence-corrected chi connectivity index (χ0v) is 16.3. The van der Waals surface area contributed by atoms with Crippen LogP contribution in [-0.4, -0.2) is 41.9 Å². The van der Waals surface area contributed by atoms with Crippen LogP contribution in [0.2, 0.25) is 0 Å². The fraction of sp³-hybridized carbons (Fsp3) is 0.421. The van der Waals surface area contributed by atoms with Crippen LogP contribution in [0.4, 0.5) is 0 Å². The molecule has 0 fully saturated rings. The molecule has 0 bridgehead atoms. The van der Waals surface area contributed by atoms with E-state index < -0.39 is 0 Å². The van der Waals surface area contributed by atoms with Gasteiger partial charge in [0.1, 0.15) is 0 Å². The standard InChI is InChI=1S/C19H25N5OS/c1-13-17(26-14(2)23-13)10-21-19(20-3)22-11-18(25)24-9-8-15-6-4-5-7-16(15)12-24/h4-7H,8-12H2,1-3H3,(H2,20,21,22). The third-order valence-corrected chi connectivity index (χ3v) is 5.60. The Morgan fingerprint density at radius 2 is 2.04 bits per heavy atom. The van der Waals surface area contributed by atoms with Gasteiger partial charge in [-0.05, 0) is 31.4 Å². The molecule has 0 saturated carbocycles. The van der Waals surface area contributed by atoms with Crippen molar-refractivity contribution in [3.05, 3.63) is 51.0 Å². The monoisotopic (exact) mass is 371 g/mol. The van der Waals surface area contributed by atoms with E-state index in [-0.39, 0.29) is 12.5 Å². The Balaban J connectivity index is 1.49. The summed E-state index contributed by atoms with van der Waals surface area (Å²) in [4.78, 5) is 24.2. The SMILES string of the molecule is CN=C(NCC(=O)N1CCc2ccccc2C1)NCc1sc(C)nc1C. The molecule has 1 aliphatic heterocycles. The first-order valence-corrected chi connectivity index (χ1v) is 9.60. The van der Waals surface area contributed by atoms with Crippen LogP contribution in [0.15, 0.2) is 29.3 Å². The van der Waals surface area contributed by atoms with E-state index in [0.29, 0.717) is 19.0 Å². The van der Waals surface area contributed by atoms with Crippen molar-refractivity contribution in [3.63, 3.8) is 0 Å². The molecule has 1 aliphatic rings. The van der Waals surface area contributed by atoms with Crippen molar-refractivity contribution in [3.8, 4) is 0 Å². The molecule has 26 heavy (non-hydrogen) atoms. The number of nitrogens with one attached hydrogen (secondary N) is 2. The number of hydrogen-bond acceptors (Lipinski definition) is 4. The van der Waals surface area contributed by atoms with E-state index >= 15 is 0 Å². The second kappa shape index (κ2) is 8.31. The maximum atomic E-state index is 12.5. The molecule has 0 saturated heterocycles. The maximum Gasteiger partial charge on any atom is 0.242 e. The van der Waals surface area contributed by atoms with E-state index in [1.807, 2.05) is 24.8 Å². The molecule has 138 valence electrons. The Bertz CT molecular complexity index is 814. The van der Waals surface area contributed by atoms with Gasteiger partial charge in [0, 0.05) is 25.0 Å². The van der Waals surface area contributed by atoms with Gasteiger partial charge >= 0.3 is 0 Å². The fourth-order valence-corrected chi connectivity index (χ4v) is 3.98. The molecular weight excluding hydrogens is 346 g/mol. The summed E-state index contributed by atoms with van der Waals surface area (Å²) in [7, 11) is 1.71.